The van der Waals surface area contributed by atoms with Gasteiger partial charge in [0.2, 0.25) is 0 Å². The van der Waals surface area contributed by atoms with Crippen LogP contribution in [0.25, 0.3) is 0 Å². The summed E-state index contributed by atoms with van der Waals surface area (Å²) < 4.78 is 0. The Bertz CT molecular complexity index is 450. The average molecular weight is 244 g/mol. The fraction of sp³-hybridized carbons (Fsp3) is 0.571. The molecular formula is C14H20N4. The first kappa shape index (κ1) is 12.8. The van der Waals surface area contributed by atoms with E-state index in [1.165, 1.54) is 19.4 Å². The molecule has 1 aromatic rings. The number of pyridine rings is 1. The van der Waals surface area contributed by atoms with Crippen LogP contribution in [0.15, 0.2) is 12.3 Å². The zero-order chi connectivity index (χ0) is 13.0. The molecule has 0 bridgehead atoms. The van der Waals surface area contributed by atoms with Crippen LogP contribution in [-0.4, -0.2) is 36.6 Å². The van der Waals surface area contributed by atoms with Crippen LogP contribution in [0.3, 0.4) is 0 Å². The van der Waals surface area contributed by atoms with Gasteiger partial charge in [-0.1, -0.05) is 0 Å². The maximum Gasteiger partial charge on any atom is 0.144 e. The van der Waals surface area contributed by atoms with Gasteiger partial charge in [-0.25, -0.2) is 4.98 Å². The molecule has 1 saturated heterocycles. The van der Waals surface area contributed by atoms with Crippen molar-refractivity contribution in [1.82, 2.24) is 9.88 Å². The van der Waals surface area contributed by atoms with Crippen molar-refractivity contribution in [3.63, 3.8) is 0 Å². The summed E-state index contributed by atoms with van der Waals surface area (Å²) >= 11 is 0. The van der Waals surface area contributed by atoms with Crippen molar-refractivity contribution in [2.24, 2.45) is 5.92 Å². The SMILES string of the molecule is Cc1ccnc(NCC2CCCN(C)C2)c1C#N. The van der Waals surface area contributed by atoms with Gasteiger partial charge in [0, 0.05) is 19.3 Å². The van der Waals surface area contributed by atoms with Crippen molar-refractivity contribution < 1.29 is 0 Å². The lowest BCUT2D eigenvalue weighted by Crippen LogP contribution is -2.35. The maximum absolute atomic E-state index is 9.14. The van der Waals surface area contributed by atoms with Gasteiger partial charge in [0.15, 0.2) is 0 Å². The van der Waals surface area contributed by atoms with E-state index in [0.717, 1.165) is 24.5 Å². The molecule has 18 heavy (non-hydrogen) atoms. The number of rotatable bonds is 3. The number of nitrogens with one attached hydrogen (secondary N) is 1. The summed E-state index contributed by atoms with van der Waals surface area (Å²) in [6.07, 6.45) is 4.27. The van der Waals surface area contributed by atoms with Gasteiger partial charge in [0.25, 0.3) is 0 Å². The summed E-state index contributed by atoms with van der Waals surface area (Å²) in [5, 5.41) is 12.5. The Morgan fingerprint density at radius 2 is 2.44 bits per heavy atom. The second-order valence-corrected chi connectivity index (χ2v) is 5.11. The van der Waals surface area contributed by atoms with E-state index in [0.29, 0.717) is 11.5 Å². The molecule has 1 atom stereocenters. The zero-order valence-electron chi connectivity index (χ0n) is 11.1. The van der Waals surface area contributed by atoms with Crippen molar-refractivity contribution >= 4 is 5.82 Å². The summed E-state index contributed by atoms with van der Waals surface area (Å²) in [5.74, 6) is 1.38. The zero-order valence-corrected chi connectivity index (χ0v) is 11.1. The van der Waals surface area contributed by atoms with Crippen LogP contribution in [0.2, 0.25) is 0 Å². The second-order valence-electron chi connectivity index (χ2n) is 5.11. The minimum atomic E-state index is 0.651. The third-order valence-electron chi connectivity index (χ3n) is 3.55. The molecule has 1 aromatic heterocycles. The molecule has 1 aliphatic heterocycles. The monoisotopic (exact) mass is 244 g/mol. The van der Waals surface area contributed by atoms with E-state index in [2.05, 4.69) is 28.3 Å². The number of hydrogen-bond acceptors (Lipinski definition) is 4. The fourth-order valence-corrected chi connectivity index (χ4v) is 2.51. The molecule has 2 rings (SSSR count). The van der Waals surface area contributed by atoms with Crippen LogP contribution < -0.4 is 5.32 Å². The molecule has 1 N–H and O–H groups in total. The first-order valence-electron chi connectivity index (χ1n) is 6.49. The number of hydrogen-bond donors (Lipinski definition) is 1. The molecular weight excluding hydrogens is 224 g/mol. The van der Waals surface area contributed by atoms with Crippen LogP contribution in [0.5, 0.6) is 0 Å². The molecule has 4 heteroatoms. The lowest BCUT2D eigenvalue weighted by molar-refractivity contribution is 0.217. The molecule has 4 nitrogen and oxygen atoms in total. The molecule has 2 heterocycles. The first-order chi connectivity index (χ1) is 8.70. The number of likely N-dealkylation sites (tertiary alicyclic amines) is 1. The standard InChI is InChI=1S/C14H20N4/c1-11-5-6-16-14(13(11)8-15)17-9-12-4-3-7-18(2)10-12/h5-6,12H,3-4,7,9-10H2,1-2H3,(H,16,17). The Balaban J connectivity index is 1.98. The topological polar surface area (TPSA) is 52.0 Å². The summed E-state index contributed by atoms with van der Waals surface area (Å²) in [6.45, 7) is 5.17. The predicted molar refractivity (Wildman–Crippen MR) is 72.4 cm³/mol. The van der Waals surface area contributed by atoms with Crippen molar-refractivity contribution in [2.45, 2.75) is 19.8 Å². The number of nitrogens with zero attached hydrogens (tertiary/aromatic N) is 3. The van der Waals surface area contributed by atoms with E-state index in [1.807, 2.05) is 13.0 Å². The smallest absolute Gasteiger partial charge is 0.144 e. The highest BCUT2D eigenvalue weighted by Gasteiger charge is 2.17. The Morgan fingerprint density at radius 1 is 1.61 bits per heavy atom. The number of anilines is 1. The van der Waals surface area contributed by atoms with E-state index in [1.54, 1.807) is 6.20 Å². The summed E-state index contributed by atoms with van der Waals surface area (Å²) in [7, 11) is 2.16. The number of nitriles is 1. The van der Waals surface area contributed by atoms with Crippen LogP contribution >= 0.6 is 0 Å². The van der Waals surface area contributed by atoms with Gasteiger partial charge < -0.3 is 10.2 Å². The van der Waals surface area contributed by atoms with Gasteiger partial charge >= 0.3 is 0 Å². The van der Waals surface area contributed by atoms with Gasteiger partial charge in [0.1, 0.15) is 11.9 Å². The minimum absolute atomic E-state index is 0.651. The van der Waals surface area contributed by atoms with Crippen LogP contribution in [0.1, 0.15) is 24.0 Å². The molecule has 0 radical (unpaired) electrons. The highest BCUT2D eigenvalue weighted by Crippen LogP contribution is 2.18. The Hall–Kier alpha value is -1.60. The fourth-order valence-electron chi connectivity index (χ4n) is 2.51. The summed E-state index contributed by atoms with van der Waals surface area (Å²) in [5.41, 5.74) is 1.65. The van der Waals surface area contributed by atoms with Crippen LogP contribution in [-0.2, 0) is 0 Å². The summed E-state index contributed by atoms with van der Waals surface area (Å²) in [4.78, 5) is 6.63. The van der Waals surface area contributed by atoms with Crippen molar-refractivity contribution in [3.05, 3.63) is 23.4 Å². The molecule has 1 fully saturated rings. The predicted octanol–water partition coefficient (Wildman–Crippen LogP) is 2.02. The highest BCUT2D eigenvalue weighted by molar-refractivity contribution is 5.55. The normalized spacial score (nSPS) is 20.4. The molecule has 1 aliphatic rings. The van der Waals surface area contributed by atoms with Crippen molar-refractivity contribution in [1.29, 1.82) is 5.26 Å². The van der Waals surface area contributed by atoms with Gasteiger partial charge in [0.05, 0.1) is 5.56 Å². The van der Waals surface area contributed by atoms with E-state index in [4.69, 9.17) is 5.26 Å². The van der Waals surface area contributed by atoms with E-state index >= 15 is 0 Å². The van der Waals surface area contributed by atoms with E-state index < -0.39 is 0 Å². The van der Waals surface area contributed by atoms with Crippen LogP contribution in [0.4, 0.5) is 5.82 Å². The molecule has 0 saturated carbocycles. The lowest BCUT2D eigenvalue weighted by Gasteiger charge is -2.29. The van der Waals surface area contributed by atoms with Crippen molar-refractivity contribution in [3.8, 4) is 6.07 Å². The average Bonchev–Trinajstić information content (AvgIpc) is 2.36. The third-order valence-corrected chi connectivity index (χ3v) is 3.55. The molecule has 96 valence electrons. The molecule has 0 amide bonds. The number of aryl methyl sites for hydroxylation is 1. The van der Waals surface area contributed by atoms with Gasteiger partial charge in [-0.2, -0.15) is 5.26 Å². The number of aromatic nitrogens is 1. The molecule has 1 unspecified atom stereocenters. The van der Waals surface area contributed by atoms with E-state index in [9.17, 15) is 0 Å². The van der Waals surface area contributed by atoms with Crippen LogP contribution in [0, 0.1) is 24.2 Å². The minimum Gasteiger partial charge on any atom is -0.369 e. The second kappa shape index (κ2) is 5.83. The summed E-state index contributed by atoms with van der Waals surface area (Å²) in [6, 6.07) is 4.10. The molecule has 0 spiro atoms. The third kappa shape index (κ3) is 2.99. The quantitative estimate of drug-likeness (QED) is 0.883. The Labute approximate surface area is 109 Å². The molecule has 0 aliphatic carbocycles. The molecule has 0 aromatic carbocycles. The first-order valence-corrected chi connectivity index (χ1v) is 6.49. The highest BCUT2D eigenvalue weighted by atomic mass is 15.1. The lowest BCUT2D eigenvalue weighted by atomic mass is 9.98. The van der Waals surface area contributed by atoms with E-state index in [-0.39, 0.29) is 0 Å². The largest absolute Gasteiger partial charge is 0.369 e. The maximum atomic E-state index is 9.14. The number of piperidine rings is 1. The van der Waals surface area contributed by atoms with Gasteiger partial charge in [-0.05, 0) is 50.9 Å². The van der Waals surface area contributed by atoms with Gasteiger partial charge in [-0.3, -0.25) is 0 Å². The Kier molecular flexibility index (Phi) is 4.16. The van der Waals surface area contributed by atoms with Crippen molar-refractivity contribution in [2.75, 3.05) is 32.0 Å². The van der Waals surface area contributed by atoms with Gasteiger partial charge in [-0.15, -0.1) is 0 Å². The Morgan fingerprint density at radius 3 is 3.17 bits per heavy atom.